The molecule has 2 rings (SSSR count). The Labute approximate surface area is 207 Å². The predicted molar refractivity (Wildman–Crippen MR) is 130 cm³/mol. The first-order valence-corrected chi connectivity index (χ1v) is 11.4. The molecule has 0 radical (unpaired) electrons. The van der Waals surface area contributed by atoms with E-state index in [0.717, 1.165) is 41.2 Å². The van der Waals surface area contributed by atoms with E-state index in [1.54, 1.807) is 13.8 Å². The van der Waals surface area contributed by atoms with Crippen molar-refractivity contribution in [1.29, 1.82) is 0 Å². The summed E-state index contributed by atoms with van der Waals surface area (Å²) in [5.41, 5.74) is 4.81. The summed E-state index contributed by atoms with van der Waals surface area (Å²) in [6.07, 6.45) is 4.11. The normalized spacial score (nSPS) is 11.1. The van der Waals surface area contributed by atoms with Crippen LogP contribution in [0.25, 0.3) is 22.8 Å². The van der Waals surface area contributed by atoms with Gasteiger partial charge in [-0.3, -0.25) is 0 Å². The molecule has 0 bridgehead atoms. The number of amides is 1. The number of rotatable bonds is 9. The number of anilines is 1. The van der Waals surface area contributed by atoms with Crippen LogP contribution < -0.4 is 4.90 Å². The van der Waals surface area contributed by atoms with Gasteiger partial charge in [0, 0.05) is 25.7 Å². The van der Waals surface area contributed by atoms with Crippen molar-refractivity contribution in [1.82, 2.24) is 0 Å². The molecule has 8 heteroatoms. The summed E-state index contributed by atoms with van der Waals surface area (Å²) in [7, 11) is 4.04. The average Bonchev–Trinajstić information content (AvgIpc) is 2.74. The van der Waals surface area contributed by atoms with E-state index in [1.807, 2.05) is 38.4 Å². The van der Waals surface area contributed by atoms with Gasteiger partial charge in [0.2, 0.25) is 0 Å². The Balaban J connectivity index is 0.00000233. The van der Waals surface area contributed by atoms with E-state index in [1.165, 1.54) is 0 Å². The molecule has 0 aliphatic carbocycles. The summed E-state index contributed by atoms with van der Waals surface area (Å²) >= 11 is 11.1. The summed E-state index contributed by atoms with van der Waals surface area (Å²) in [5, 5.41) is 8.68. The topological polar surface area (TPSA) is 65.6 Å². The van der Waals surface area contributed by atoms with Crippen LogP contribution in [0.15, 0.2) is 42.5 Å². The van der Waals surface area contributed by atoms with Gasteiger partial charge >= 0.3 is 22.4 Å². The third kappa shape index (κ3) is 9.71. The van der Waals surface area contributed by atoms with E-state index in [2.05, 4.69) is 45.9 Å². The van der Waals surface area contributed by atoms with Gasteiger partial charge < -0.3 is 45.6 Å². The standard InChI is InChI=1S/C23H30N3OS2.O.Tc/c1-23(2,29)22(27)25-21-12-9-18(15-19(21)16-24-13-14-28)6-5-17-7-10-20(11-8-17)26(3)4;;/h5-12,15H,13-14,16H2,1-4H3,(H3,25,27,28,29);;/q-1;;+4/p-3/b6-5+;;. The van der Waals surface area contributed by atoms with Gasteiger partial charge in [0.05, 0.1) is 0 Å². The molecule has 31 heavy (non-hydrogen) atoms. The van der Waals surface area contributed by atoms with E-state index in [-0.39, 0.29) is 5.91 Å². The molecule has 0 saturated heterocycles. The minimum absolute atomic E-state index is 0.318. The average molecular weight is 540 g/mol. The van der Waals surface area contributed by atoms with Crippen LogP contribution in [0.4, 0.5) is 11.4 Å². The Hall–Kier alpha value is -1.44. The van der Waals surface area contributed by atoms with Crippen LogP contribution in [0.2, 0.25) is 0 Å². The van der Waals surface area contributed by atoms with Crippen LogP contribution in [-0.2, 0) is 59.0 Å². The van der Waals surface area contributed by atoms with Gasteiger partial charge in [-0.1, -0.05) is 61.9 Å². The van der Waals surface area contributed by atoms with Crippen LogP contribution in [0, 0.1) is 0 Å². The first kappa shape index (κ1) is 27.6. The maximum absolute atomic E-state index is 12.3. The van der Waals surface area contributed by atoms with Crippen molar-refractivity contribution in [3.05, 3.63) is 69.8 Å². The first-order chi connectivity index (χ1) is 14.7. The summed E-state index contributed by atoms with van der Waals surface area (Å²) in [5.74, 6) is 0.258. The van der Waals surface area contributed by atoms with Crippen molar-refractivity contribution < 1.29 is 27.2 Å². The van der Waals surface area contributed by atoms with Crippen LogP contribution in [0.1, 0.15) is 30.5 Å². The fourth-order valence-corrected chi connectivity index (χ4v) is 2.70. The molecular formula is C23H27N3O2S2Tc. The van der Waals surface area contributed by atoms with E-state index < -0.39 is 4.75 Å². The molecule has 0 saturated carbocycles. The van der Waals surface area contributed by atoms with Gasteiger partial charge in [0.25, 0.3) is 0 Å². The van der Waals surface area contributed by atoms with Crippen molar-refractivity contribution in [3.63, 3.8) is 0 Å². The Morgan fingerprint density at radius 3 is 2.19 bits per heavy atom. The number of nitrogens with zero attached hydrogens (tertiary/aromatic N) is 3. The molecule has 0 spiro atoms. The molecule has 0 aromatic heterocycles. The Kier molecular flexibility index (Phi) is 12.3. The van der Waals surface area contributed by atoms with E-state index in [9.17, 15) is 4.79 Å². The fraction of sp³-hybridized carbons (Fsp3) is 0.348. The van der Waals surface area contributed by atoms with E-state index in [4.69, 9.17) is 28.8 Å². The van der Waals surface area contributed by atoms with Gasteiger partial charge in [-0.15, -0.1) is 17.0 Å². The molecule has 2 aromatic rings. The summed E-state index contributed by atoms with van der Waals surface area (Å²) in [6, 6.07) is 14.2. The van der Waals surface area contributed by atoms with E-state index in [0.29, 0.717) is 24.5 Å². The quantitative estimate of drug-likeness (QED) is 0.253. The zero-order chi connectivity index (χ0) is 23.4. The maximum atomic E-state index is 12.3. The third-order valence-electron chi connectivity index (χ3n) is 4.25. The molecule has 1 amide bonds. The summed E-state index contributed by atoms with van der Waals surface area (Å²) in [6.45, 7) is 4.45. The van der Waals surface area contributed by atoms with Gasteiger partial charge in [-0.25, -0.2) is 0 Å². The number of hydrogen-bond donors (Lipinski definition) is 0. The summed E-state index contributed by atoms with van der Waals surface area (Å²) < 4.78 is 7.30. The zero-order valence-corrected chi connectivity index (χ0v) is 21.7. The Bertz CT molecular complexity index is 866. The third-order valence-corrected chi connectivity index (χ3v) is 4.61. The van der Waals surface area contributed by atoms with Gasteiger partial charge in [-0.2, -0.15) is 12.3 Å². The summed E-state index contributed by atoms with van der Waals surface area (Å²) in [4.78, 5) is 14.3. The SMILES string of the molecule is CN(C)c1ccc(/C=C/c2ccc([N-]C(=O)C(C)(C)[S-])c(C[N-]CC[S-])c2)cc1.[O]=[Tc+4]. The molecule has 0 N–H and O–H groups in total. The van der Waals surface area contributed by atoms with Crippen molar-refractivity contribution >= 4 is 54.7 Å². The van der Waals surface area contributed by atoms with Crippen molar-refractivity contribution in [3.8, 4) is 0 Å². The van der Waals surface area contributed by atoms with Gasteiger partial charge in [0.15, 0.2) is 0 Å². The molecule has 0 heterocycles. The minimum atomic E-state index is -0.924. The molecular weight excluding hydrogens is 512 g/mol. The second kappa shape index (κ2) is 13.9. The molecule has 0 unspecified atom stereocenters. The van der Waals surface area contributed by atoms with Gasteiger partial charge in [0.1, 0.15) is 0 Å². The Morgan fingerprint density at radius 2 is 1.65 bits per heavy atom. The Morgan fingerprint density at radius 1 is 1.06 bits per heavy atom. The van der Waals surface area contributed by atoms with Gasteiger partial charge in [-0.05, 0) is 23.3 Å². The van der Waals surface area contributed by atoms with Crippen molar-refractivity contribution in [2.75, 3.05) is 31.3 Å². The number of benzene rings is 2. The fourth-order valence-electron chi connectivity index (χ4n) is 2.53. The molecule has 0 aliphatic rings. The van der Waals surface area contributed by atoms with Crippen molar-refractivity contribution in [2.24, 2.45) is 0 Å². The molecule has 2 aromatic carbocycles. The molecule has 5 nitrogen and oxygen atoms in total. The first-order valence-electron chi connectivity index (χ1n) is 9.62. The number of hydrogen-bond acceptors (Lipinski definition) is 5. The molecule has 0 aliphatic heterocycles. The monoisotopic (exact) mass is 538 g/mol. The molecule has 0 atom stereocenters. The zero-order valence-electron chi connectivity index (χ0n) is 18.2. The van der Waals surface area contributed by atoms with Crippen LogP contribution >= 0.6 is 0 Å². The van der Waals surface area contributed by atoms with E-state index >= 15 is 0 Å². The molecule has 0 fully saturated rings. The number of carbonyl (C=O) groups is 1. The second-order valence-electron chi connectivity index (χ2n) is 7.44. The van der Waals surface area contributed by atoms with Crippen LogP contribution in [-0.4, -0.2) is 37.0 Å². The second-order valence-corrected chi connectivity index (χ2v) is 8.87. The predicted octanol–water partition coefficient (Wildman–Crippen LogP) is 5.08. The molecule has 165 valence electrons. The van der Waals surface area contributed by atoms with Crippen LogP contribution in [0.3, 0.4) is 0 Å². The number of carbonyl (C=O) groups excluding carboxylic acids is 1. The van der Waals surface area contributed by atoms with Crippen molar-refractivity contribution in [2.45, 2.75) is 25.1 Å². The van der Waals surface area contributed by atoms with Crippen LogP contribution in [0.5, 0.6) is 0 Å².